The molecule has 3 rings (SSSR count). The highest BCUT2D eigenvalue weighted by molar-refractivity contribution is 5.60. The Morgan fingerprint density at radius 1 is 0.909 bits per heavy atom. The Morgan fingerprint density at radius 2 is 1.50 bits per heavy atom. The van der Waals surface area contributed by atoms with Gasteiger partial charge >= 0.3 is 0 Å². The molecule has 22 heavy (non-hydrogen) atoms. The molecule has 0 saturated carbocycles. The number of nitrogens with zero attached hydrogens (tertiary/aromatic N) is 2. The molecule has 1 atom stereocenters. The third kappa shape index (κ3) is 3.19. The predicted octanol–water partition coefficient (Wildman–Crippen LogP) is 4.44. The second-order valence-corrected chi connectivity index (χ2v) is 6.02. The molecule has 116 valence electrons. The van der Waals surface area contributed by atoms with Gasteiger partial charge in [-0.1, -0.05) is 38.0 Å². The molecule has 1 aliphatic rings. The summed E-state index contributed by atoms with van der Waals surface area (Å²) >= 11 is 0. The van der Waals surface area contributed by atoms with Crippen LogP contribution in [0.15, 0.2) is 54.6 Å². The van der Waals surface area contributed by atoms with Crippen molar-refractivity contribution in [3.05, 3.63) is 54.6 Å². The van der Waals surface area contributed by atoms with Gasteiger partial charge in [-0.2, -0.15) is 0 Å². The van der Waals surface area contributed by atoms with Gasteiger partial charge in [-0.25, -0.2) is 0 Å². The third-order valence-electron chi connectivity index (χ3n) is 4.32. The molecular formula is C19H24N2O. The number of phenols is 1. The minimum Gasteiger partial charge on any atom is -0.508 e. The van der Waals surface area contributed by atoms with Crippen molar-refractivity contribution < 1.29 is 5.11 Å². The molecule has 1 heterocycles. The Kier molecular flexibility index (Phi) is 4.52. The molecule has 1 N–H and O–H groups in total. The second kappa shape index (κ2) is 6.73. The van der Waals surface area contributed by atoms with Gasteiger partial charge in [-0.3, -0.25) is 10.0 Å². The van der Waals surface area contributed by atoms with Gasteiger partial charge in [-0.15, -0.1) is 0 Å². The zero-order valence-electron chi connectivity index (χ0n) is 13.2. The van der Waals surface area contributed by atoms with Gasteiger partial charge < -0.3 is 5.11 Å². The Morgan fingerprint density at radius 3 is 2.09 bits per heavy atom. The molecule has 0 aliphatic carbocycles. The fraction of sp³-hybridized carbons (Fsp3) is 0.368. The monoisotopic (exact) mass is 296 g/mol. The molecule has 1 saturated heterocycles. The Balaban J connectivity index is 1.85. The topological polar surface area (TPSA) is 26.7 Å². The maximum absolute atomic E-state index is 9.52. The average molecular weight is 296 g/mol. The molecule has 0 aromatic heterocycles. The standard InChI is InChI=1S/C19H24N2O/c1-2-3-7-16-14-20(17-8-5-4-6-9-17)21(15-16)18-10-12-19(22)13-11-18/h4-6,8-13,16,22H,2-3,7,14-15H2,1H3. The minimum atomic E-state index is 0.316. The molecular weight excluding hydrogens is 272 g/mol. The van der Waals surface area contributed by atoms with E-state index in [2.05, 4.69) is 47.3 Å². The lowest BCUT2D eigenvalue weighted by Gasteiger charge is -2.31. The van der Waals surface area contributed by atoms with Gasteiger partial charge in [0.15, 0.2) is 0 Å². The molecule has 2 aromatic rings. The summed E-state index contributed by atoms with van der Waals surface area (Å²) in [5.74, 6) is 1.01. The lowest BCUT2D eigenvalue weighted by atomic mass is 10.0. The highest BCUT2D eigenvalue weighted by Crippen LogP contribution is 2.32. The summed E-state index contributed by atoms with van der Waals surface area (Å²) in [5, 5.41) is 14.2. The molecule has 0 amide bonds. The number of anilines is 2. The lowest BCUT2D eigenvalue weighted by Crippen LogP contribution is -2.36. The van der Waals surface area contributed by atoms with Crippen LogP contribution >= 0.6 is 0 Å². The van der Waals surface area contributed by atoms with Crippen molar-refractivity contribution in [3.63, 3.8) is 0 Å². The predicted molar refractivity (Wildman–Crippen MR) is 92.3 cm³/mol. The number of aromatic hydroxyl groups is 1. The Hall–Kier alpha value is -2.16. The van der Waals surface area contributed by atoms with E-state index in [1.54, 1.807) is 12.1 Å². The summed E-state index contributed by atoms with van der Waals surface area (Å²) in [6, 6.07) is 18.1. The number of unbranched alkanes of at least 4 members (excludes halogenated alkanes) is 1. The van der Waals surface area contributed by atoms with Gasteiger partial charge in [0, 0.05) is 13.1 Å². The summed E-state index contributed by atoms with van der Waals surface area (Å²) < 4.78 is 0. The van der Waals surface area contributed by atoms with Crippen LogP contribution in [0, 0.1) is 5.92 Å². The first-order chi connectivity index (χ1) is 10.8. The van der Waals surface area contributed by atoms with Crippen molar-refractivity contribution in [2.45, 2.75) is 26.2 Å². The van der Waals surface area contributed by atoms with Crippen LogP contribution in [0.25, 0.3) is 0 Å². The summed E-state index contributed by atoms with van der Waals surface area (Å²) in [6.07, 6.45) is 3.81. The minimum absolute atomic E-state index is 0.316. The van der Waals surface area contributed by atoms with E-state index in [0.29, 0.717) is 11.7 Å². The van der Waals surface area contributed by atoms with E-state index in [1.807, 2.05) is 12.1 Å². The largest absolute Gasteiger partial charge is 0.508 e. The summed E-state index contributed by atoms with van der Waals surface area (Å²) in [4.78, 5) is 0. The molecule has 3 heteroatoms. The maximum atomic E-state index is 9.52. The van der Waals surface area contributed by atoms with Crippen LogP contribution in [0.5, 0.6) is 5.75 Å². The van der Waals surface area contributed by atoms with E-state index in [4.69, 9.17) is 0 Å². The second-order valence-electron chi connectivity index (χ2n) is 6.02. The first kappa shape index (κ1) is 14.8. The third-order valence-corrected chi connectivity index (χ3v) is 4.32. The normalized spacial score (nSPS) is 18.0. The summed E-state index contributed by atoms with van der Waals surface area (Å²) in [6.45, 7) is 4.35. The number of benzene rings is 2. The molecule has 3 nitrogen and oxygen atoms in total. The van der Waals surface area contributed by atoms with E-state index in [0.717, 1.165) is 18.8 Å². The van der Waals surface area contributed by atoms with Crippen LogP contribution in [0.4, 0.5) is 11.4 Å². The fourth-order valence-corrected chi connectivity index (χ4v) is 3.13. The molecule has 0 radical (unpaired) electrons. The van der Waals surface area contributed by atoms with Gasteiger partial charge in [0.1, 0.15) is 5.75 Å². The van der Waals surface area contributed by atoms with Crippen LogP contribution in [-0.4, -0.2) is 18.2 Å². The van der Waals surface area contributed by atoms with E-state index < -0.39 is 0 Å². The Labute approximate surface area is 132 Å². The highest BCUT2D eigenvalue weighted by atomic mass is 16.3. The van der Waals surface area contributed by atoms with Crippen molar-refractivity contribution >= 4 is 11.4 Å². The molecule has 1 unspecified atom stereocenters. The van der Waals surface area contributed by atoms with Crippen LogP contribution < -0.4 is 10.0 Å². The highest BCUT2D eigenvalue weighted by Gasteiger charge is 2.30. The first-order valence-electron chi connectivity index (χ1n) is 8.17. The van der Waals surface area contributed by atoms with Crippen molar-refractivity contribution in [2.75, 3.05) is 23.1 Å². The number of hydrazine groups is 1. The van der Waals surface area contributed by atoms with Crippen molar-refractivity contribution in [2.24, 2.45) is 5.92 Å². The number of rotatable bonds is 5. The molecule has 0 spiro atoms. The Bertz CT molecular complexity index is 582. The smallest absolute Gasteiger partial charge is 0.115 e. The first-order valence-corrected chi connectivity index (χ1v) is 8.17. The van der Waals surface area contributed by atoms with Crippen molar-refractivity contribution in [1.29, 1.82) is 0 Å². The summed E-state index contributed by atoms with van der Waals surface area (Å²) in [5.41, 5.74) is 2.37. The van der Waals surface area contributed by atoms with E-state index in [9.17, 15) is 5.11 Å². The molecule has 0 bridgehead atoms. The van der Waals surface area contributed by atoms with Gasteiger partial charge in [0.05, 0.1) is 11.4 Å². The number of phenolic OH excluding ortho intramolecular Hbond substituents is 1. The van der Waals surface area contributed by atoms with E-state index in [-0.39, 0.29) is 0 Å². The maximum Gasteiger partial charge on any atom is 0.115 e. The van der Waals surface area contributed by atoms with E-state index >= 15 is 0 Å². The molecule has 1 fully saturated rings. The van der Waals surface area contributed by atoms with Crippen LogP contribution in [0.2, 0.25) is 0 Å². The molecule has 1 aliphatic heterocycles. The SMILES string of the molecule is CCCCC1CN(c2ccccc2)N(c2ccc(O)cc2)C1. The number of hydrogen-bond acceptors (Lipinski definition) is 3. The number of para-hydroxylation sites is 1. The fourth-order valence-electron chi connectivity index (χ4n) is 3.13. The van der Waals surface area contributed by atoms with Crippen molar-refractivity contribution in [3.8, 4) is 5.75 Å². The van der Waals surface area contributed by atoms with Crippen LogP contribution in [0.3, 0.4) is 0 Å². The van der Waals surface area contributed by atoms with E-state index in [1.165, 1.54) is 24.9 Å². The van der Waals surface area contributed by atoms with Gasteiger partial charge in [0.25, 0.3) is 0 Å². The quantitative estimate of drug-likeness (QED) is 0.883. The summed E-state index contributed by atoms with van der Waals surface area (Å²) in [7, 11) is 0. The zero-order valence-corrected chi connectivity index (χ0v) is 13.2. The lowest BCUT2D eigenvalue weighted by molar-refractivity contribution is 0.475. The number of hydrogen-bond donors (Lipinski definition) is 1. The van der Waals surface area contributed by atoms with Gasteiger partial charge in [-0.05, 0) is 48.7 Å². The average Bonchev–Trinajstić information content (AvgIpc) is 2.98. The molecule has 2 aromatic carbocycles. The van der Waals surface area contributed by atoms with Crippen molar-refractivity contribution in [1.82, 2.24) is 0 Å². The zero-order chi connectivity index (χ0) is 15.4. The van der Waals surface area contributed by atoms with Gasteiger partial charge in [0.2, 0.25) is 0 Å². The van der Waals surface area contributed by atoms with Crippen LogP contribution in [0.1, 0.15) is 26.2 Å². The van der Waals surface area contributed by atoms with Crippen LogP contribution in [-0.2, 0) is 0 Å².